The van der Waals surface area contributed by atoms with Crippen LogP contribution in [0.1, 0.15) is 38.9 Å². The third kappa shape index (κ3) is 3.31. The number of nitrogens with zero attached hydrogens (tertiary/aromatic N) is 5. The highest BCUT2D eigenvalue weighted by Crippen LogP contribution is 2.24. The van der Waals surface area contributed by atoms with Gasteiger partial charge in [-0.05, 0) is 20.3 Å². The van der Waals surface area contributed by atoms with E-state index in [0.29, 0.717) is 6.04 Å². The number of aryl methyl sites for hydroxylation is 2. The summed E-state index contributed by atoms with van der Waals surface area (Å²) in [6.07, 6.45) is 4.74. The van der Waals surface area contributed by atoms with E-state index in [-0.39, 0.29) is 11.8 Å². The van der Waals surface area contributed by atoms with Gasteiger partial charge in [0.1, 0.15) is 5.69 Å². The maximum Gasteiger partial charge on any atom is 0.225 e. The molecule has 0 radical (unpaired) electrons. The van der Waals surface area contributed by atoms with E-state index in [1.807, 2.05) is 29.6 Å². The van der Waals surface area contributed by atoms with E-state index in [1.54, 1.807) is 17.5 Å². The first-order chi connectivity index (χ1) is 11.5. The minimum atomic E-state index is 0.0568. The lowest BCUT2D eigenvalue weighted by Gasteiger charge is -2.19. The number of likely N-dealkylation sites (tertiary alicyclic amines) is 1. The van der Waals surface area contributed by atoms with Crippen LogP contribution in [0.4, 0.5) is 5.69 Å². The van der Waals surface area contributed by atoms with Crippen LogP contribution in [0.5, 0.6) is 0 Å². The van der Waals surface area contributed by atoms with Crippen LogP contribution in [-0.2, 0) is 11.3 Å². The lowest BCUT2D eigenvalue weighted by Crippen LogP contribution is -2.33. The number of hydrogen-bond acceptors (Lipinski definition) is 4. The first kappa shape index (κ1) is 17.0. The molecule has 2 aromatic rings. The summed E-state index contributed by atoms with van der Waals surface area (Å²) in [5.41, 5.74) is 2.08. The van der Waals surface area contributed by atoms with Crippen LogP contribution in [0.15, 0.2) is 22.8 Å². The first-order valence-electron chi connectivity index (χ1n) is 8.52. The molecule has 0 bridgehead atoms. The Bertz CT molecular complexity index is 785. The molecule has 0 saturated carbocycles. The second kappa shape index (κ2) is 6.93. The minimum Gasteiger partial charge on any atom is -0.340 e. The summed E-state index contributed by atoms with van der Waals surface area (Å²) >= 11 is 1.65. The van der Waals surface area contributed by atoms with E-state index in [1.165, 1.54) is 5.69 Å². The molecule has 2 aromatic heterocycles. The number of aromatic nitrogens is 3. The molecule has 1 saturated heterocycles. The fraction of sp³-hybridized carbons (Fsp3) is 0.588. The molecule has 3 rings (SSSR count). The van der Waals surface area contributed by atoms with Gasteiger partial charge in [-0.2, -0.15) is 5.10 Å². The predicted molar refractivity (Wildman–Crippen MR) is 95.2 cm³/mol. The first-order valence-corrected chi connectivity index (χ1v) is 9.40. The van der Waals surface area contributed by atoms with E-state index >= 15 is 0 Å². The molecule has 0 N–H and O–H groups in total. The zero-order chi connectivity index (χ0) is 17.3. The van der Waals surface area contributed by atoms with E-state index in [2.05, 4.69) is 28.9 Å². The molecule has 7 heteroatoms. The quantitative estimate of drug-likeness (QED) is 0.854. The molecule has 1 amide bonds. The molecule has 130 valence electrons. The highest BCUT2D eigenvalue weighted by atomic mass is 32.1. The molecular weight excluding hydrogens is 322 g/mol. The Morgan fingerprint density at radius 2 is 2.29 bits per heavy atom. The van der Waals surface area contributed by atoms with Gasteiger partial charge in [-0.25, -0.2) is 4.99 Å². The largest absolute Gasteiger partial charge is 0.340 e. The van der Waals surface area contributed by atoms with E-state index in [9.17, 15) is 4.79 Å². The van der Waals surface area contributed by atoms with Crippen LogP contribution in [0.25, 0.3) is 0 Å². The zero-order valence-electron chi connectivity index (χ0n) is 14.8. The van der Waals surface area contributed by atoms with Gasteiger partial charge in [-0.1, -0.05) is 13.8 Å². The van der Waals surface area contributed by atoms with Gasteiger partial charge in [0.05, 0.1) is 18.4 Å². The third-order valence-electron chi connectivity index (χ3n) is 4.42. The number of carbonyl (C=O) groups excluding carboxylic acids is 1. The minimum absolute atomic E-state index is 0.0568. The van der Waals surface area contributed by atoms with Crippen LogP contribution in [0.2, 0.25) is 0 Å². The van der Waals surface area contributed by atoms with Crippen molar-refractivity contribution in [1.29, 1.82) is 0 Å². The average molecular weight is 347 g/mol. The van der Waals surface area contributed by atoms with Crippen molar-refractivity contribution in [2.24, 2.45) is 10.9 Å². The summed E-state index contributed by atoms with van der Waals surface area (Å²) in [5, 5.41) is 6.42. The van der Waals surface area contributed by atoms with Crippen molar-refractivity contribution >= 4 is 22.9 Å². The molecule has 24 heavy (non-hydrogen) atoms. The van der Waals surface area contributed by atoms with E-state index < -0.39 is 0 Å². The summed E-state index contributed by atoms with van der Waals surface area (Å²) < 4.78 is 4.16. The Kier molecular flexibility index (Phi) is 4.89. The number of amides is 1. The van der Waals surface area contributed by atoms with Crippen molar-refractivity contribution in [2.75, 3.05) is 13.1 Å². The average Bonchev–Trinajstić information content (AvgIpc) is 3.27. The molecule has 1 aliphatic heterocycles. The molecule has 1 atom stereocenters. The van der Waals surface area contributed by atoms with Crippen molar-refractivity contribution in [3.8, 4) is 0 Å². The number of hydrogen-bond donors (Lipinski definition) is 0. The monoisotopic (exact) mass is 347 g/mol. The van der Waals surface area contributed by atoms with Crippen molar-refractivity contribution in [3.05, 3.63) is 28.3 Å². The van der Waals surface area contributed by atoms with Gasteiger partial charge < -0.3 is 9.47 Å². The molecule has 1 aliphatic rings. The molecule has 0 aliphatic carbocycles. The van der Waals surface area contributed by atoms with Crippen LogP contribution in [-0.4, -0.2) is 38.2 Å². The Morgan fingerprint density at radius 1 is 1.50 bits per heavy atom. The van der Waals surface area contributed by atoms with Gasteiger partial charge in [0.25, 0.3) is 0 Å². The van der Waals surface area contributed by atoms with Crippen molar-refractivity contribution in [1.82, 2.24) is 19.2 Å². The van der Waals surface area contributed by atoms with Crippen LogP contribution < -0.4 is 4.80 Å². The number of thiazole rings is 1. The third-order valence-corrected chi connectivity index (χ3v) is 5.38. The highest BCUT2D eigenvalue weighted by molar-refractivity contribution is 7.07. The molecule has 1 unspecified atom stereocenters. The van der Waals surface area contributed by atoms with E-state index in [0.717, 1.165) is 36.5 Å². The summed E-state index contributed by atoms with van der Waals surface area (Å²) in [6, 6.07) is 0.305. The molecule has 0 spiro atoms. The van der Waals surface area contributed by atoms with Crippen LogP contribution >= 0.6 is 11.3 Å². The molecule has 0 aromatic carbocycles. The Hall–Kier alpha value is -1.89. The Morgan fingerprint density at radius 3 is 2.96 bits per heavy atom. The summed E-state index contributed by atoms with van der Waals surface area (Å²) in [4.78, 5) is 20.0. The van der Waals surface area contributed by atoms with Gasteiger partial charge in [0.15, 0.2) is 4.80 Å². The Labute approximate surface area is 146 Å². The summed E-state index contributed by atoms with van der Waals surface area (Å²) in [7, 11) is 0. The van der Waals surface area contributed by atoms with Crippen LogP contribution in [0, 0.1) is 12.8 Å². The van der Waals surface area contributed by atoms with Gasteiger partial charge >= 0.3 is 0 Å². The van der Waals surface area contributed by atoms with Gasteiger partial charge in [-0.3, -0.25) is 9.48 Å². The normalized spacial score (nSPS) is 18.8. The lowest BCUT2D eigenvalue weighted by atomic mass is 10.2. The fourth-order valence-corrected chi connectivity index (χ4v) is 4.09. The molecular formula is C17H25N5OS. The smallest absolute Gasteiger partial charge is 0.225 e. The van der Waals surface area contributed by atoms with Crippen molar-refractivity contribution < 1.29 is 4.79 Å². The summed E-state index contributed by atoms with van der Waals surface area (Å²) in [5.74, 6) is 0.301. The molecule has 3 heterocycles. The highest BCUT2D eigenvalue weighted by Gasteiger charge is 2.29. The van der Waals surface area contributed by atoms with E-state index in [4.69, 9.17) is 4.99 Å². The van der Waals surface area contributed by atoms with Crippen molar-refractivity contribution in [3.63, 3.8) is 0 Å². The van der Waals surface area contributed by atoms with Gasteiger partial charge in [-0.15, -0.1) is 11.3 Å². The Balaban J connectivity index is 1.87. The second-order valence-corrected chi connectivity index (χ2v) is 7.41. The second-order valence-electron chi connectivity index (χ2n) is 6.58. The maximum absolute atomic E-state index is 12.2. The fourth-order valence-electron chi connectivity index (χ4n) is 3.14. The standard InChI is InChI=1S/C17H25N5OS/c1-5-21-9-14(8-18-21)19-17-22(13(4)11-24-17)15-6-7-20(10-15)16(23)12(2)3/h8-9,11-12,15H,5-7,10H2,1-4H3. The van der Waals surface area contributed by atoms with Gasteiger partial charge in [0.2, 0.25) is 5.91 Å². The summed E-state index contributed by atoms with van der Waals surface area (Å²) in [6.45, 7) is 10.5. The molecule has 1 fully saturated rings. The predicted octanol–water partition coefficient (Wildman–Crippen LogP) is 2.74. The number of rotatable bonds is 4. The SMILES string of the molecule is CCn1cc(N=c2scc(C)n2C2CCN(C(=O)C(C)C)C2)cn1. The molecule has 6 nitrogen and oxygen atoms in total. The topological polar surface area (TPSA) is 55.4 Å². The maximum atomic E-state index is 12.2. The number of carbonyl (C=O) groups is 1. The lowest BCUT2D eigenvalue weighted by molar-refractivity contribution is -0.133. The van der Waals surface area contributed by atoms with Crippen molar-refractivity contribution in [2.45, 2.75) is 46.7 Å². The van der Waals surface area contributed by atoms with Crippen LogP contribution in [0.3, 0.4) is 0 Å². The zero-order valence-corrected chi connectivity index (χ0v) is 15.6. The van der Waals surface area contributed by atoms with Gasteiger partial charge in [0, 0.05) is 36.6 Å².